The normalized spacial score (nSPS) is 21.6. The Balaban J connectivity index is 1.44. The Morgan fingerprint density at radius 1 is 1.13 bits per heavy atom. The fourth-order valence-electron chi connectivity index (χ4n) is 4.32. The number of hydrogen-bond donors (Lipinski definition) is 5. The highest BCUT2D eigenvalue weighted by atomic mass is 16.2. The standard InChI is InChI=1S/C21H26N8O/c22-13-4-2-1-3-5-14(8-13)26-21-27-17-11-23-20(30)18(17)19(28-21)25-15-7-6-12-10-24-29-16(12)9-15/h6-7,9-10,13-14H,1-5,8,11,22H2,(H,23,30)(H,24,29)(H2,25,26,27,28). The predicted octanol–water partition coefficient (Wildman–Crippen LogP) is 2.80. The molecule has 0 spiro atoms. The van der Waals surface area contributed by atoms with Crippen molar-refractivity contribution in [1.29, 1.82) is 0 Å². The fraction of sp³-hybridized carbons (Fsp3) is 0.429. The molecule has 3 heterocycles. The van der Waals surface area contributed by atoms with Crippen LogP contribution in [0.1, 0.15) is 54.6 Å². The Morgan fingerprint density at radius 3 is 2.97 bits per heavy atom. The van der Waals surface area contributed by atoms with Crippen molar-refractivity contribution >= 4 is 34.3 Å². The van der Waals surface area contributed by atoms with Crippen molar-refractivity contribution in [2.75, 3.05) is 10.6 Å². The van der Waals surface area contributed by atoms with Gasteiger partial charge in [-0.3, -0.25) is 9.89 Å². The van der Waals surface area contributed by atoms with Crippen molar-refractivity contribution < 1.29 is 4.79 Å². The summed E-state index contributed by atoms with van der Waals surface area (Å²) >= 11 is 0. The van der Waals surface area contributed by atoms with Crippen LogP contribution >= 0.6 is 0 Å². The molecule has 3 aromatic rings. The third-order valence-corrected chi connectivity index (χ3v) is 5.88. The van der Waals surface area contributed by atoms with E-state index in [9.17, 15) is 4.79 Å². The quantitative estimate of drug-likeness (QED) is 0.450. The molecule has 5 rings (SSSR count). The number of benzene rings is 1. The van der Waals surface area contributed by atoms with Gasteiger partial charge in [-0.2, -0.15) is 10.1 Å². The number of rotatable bonds is 4. The third-order valence-electron chi connectivity index (χ3n) is 5.88. The van der Waals surface area contributed by atoms with E-state index in [1.54, 1.807) is 6.20 Å². The largest absolute Gasteiger partial charge is 0.351 e. The van der Waals surface area contributed by atoms with Gasteiger partial charge in [0.1, 0.15) is 11.4 Å². The smallest absolute Gasteiger partial charge is 0.257 e. The second-order valence-electron chi connectivity index (χ2n) is 8.17. The van der Waals surface area contributed by atoms with Gasteiger partial charge in [0, 0.05) is 23.2 Å². The summed E-state index contributed by atoms with van der Waals surface area (Å²) in [5.74, 6) is 0.884. The molecular weight excluding hydrogens is 380 g/mol. The first kappa shape index (κ1) is 18.8. The molecular formula is C21H26N8O. The number of nitrogens with two attached hydrogens (primary N) is 1. The zero-order chi connectivity index (χ0) is 20.5. The Hall–Kier alpha value is -3.20. The van der Waals surface area contributed by atoms with Crippen LogP contribution < -0.4 is 21.7 Å². The molecule has 1 aromatic carbocycles. The number of aromatic amines is 1. The van der Waals surface area contributed by atoms with Gasteiger partial charge in [-0.15, -0.1) is 0 Å². The molecule has 1 amide bonds. The molecule has 1 aliphatic carbocycles. The molecule has 6 N–H and O–H groups in total. The average molecular weight is 406 g/mol. The van der Waals surface area contributed by atoms with Crippen molar-refractivity contribution in [3.05, 3.63) is 35.7 Å². The number of nitrogens with zero attached hydrogens (tertiary/aromatic N) is 3. The summed E-state index contributed by atoms with van der Waals surface area (Å²) < 4.78 is 0. The van der Waals surface area contributed by atoms with Crippen molar-refractivity contribution in [1.82, 2.24) is 25.5 Å². The molecule has 9 heteroatoms. The van der Waals surface area contributed by atoms with Crippen LogP contribution in [0.15, 0.2) is 24.4 Å². The van der Waals surface area contributed by atoms with Crippen LogP contribution in [-0.4, -0.2) is 38.2 Å². The number of anilines is 3. The number of amides is 1. The minimum Gasteiger partial charge on any atom is -0.351 e. The summed E-state index contributed by atoms with van der Waals surface area (Å²) in [6, 6.07) is 6.29. The van der Waals surface area contributed by atoms with Crippen molar-refractivity contribution in [3.8, 4) is 0 Å². The van der Waals surface area contributed by atoms with Gasteiger partial charge >= 0.3 is 0 Å². The second-order valence-corrected chi connectivity index (χ2v) is 8.17. The minimum absolute atomic E-state index is 0.158. The number of carbonyl (C=O) groups is 1. The SMILES string of the molecule is NC1CCCCCC(Nc2nc3c(c(Nc4ccc5cn[nH]c5c4)n2)C(=O)NC3)C1. The molecule has 2 unspecified atom stereocenters. The molecule has 2 aromatic heterocycles. The fourth-order valence-corrected chi connectivity index (χ4v) is 4.32. The first-order valence-electron chi connectivity index (χ1n) is 10.6. The predicted molar refractivity (Wildman–Crippen MR) is 116 cm³/mol. The Bertz CT molecular complexity index is 1080. The van der Waals surface area contributed by atoms with Gasteiger partial charge in [0.05, 0.1) is 24.0 Å². The Kier molecular flexibility index (Phi) is 4.96. The van der Waals surface area contributed by atoms with E-state index in [2.05, 4.69) is 36.1 Å². The maximum atomic E-state index is 12.4. The minimum atomic E-state index is -0.158. The average Bonchev–Trinajstić information content (AvgIpc) is 3.32. The lowest BCUT2D eigenvalue weighted by molar-refractivity contribution is 0.0966. The monoisotopic (exact) mass is 406 g/mol. The van der Waals surface area contributed by atoms with Gasteiger partial charge in [0.2, 0.25) is 5.95 Å². The lowest BCUT2D eigenvalue weighted by Gasteiger charge is -2.25. The molecule has 156 valence electrons. The van der Waals surface area contributed by atoms with E-state index >= 15 is 0 Å². The van der Waals surface area contributed by atoms with E-state index in [1.165, 1.54) is 19.3 Å². The molecule has 30 heavy (non-hydrogen) atoms. The summed E-state index contributed by atoms with van der Waals surface area (Å²) in [5.41, 5.74) is 9.21. The number of H-pyrrole nitrogens is 1. The van der Waals surface area contributed by atoms with Crippen LogP contribution in [0.5, 0.6) is 0 Å². The number of aromatic nitrogens is 4. The summed E-state index contributed by atoms with van der Waals surface area (Å²) in [7, 11) is 0. The zero-order valence-corrected chi connectivity index (χ0v) is 16.7. The van der Waals surface area contributed by atoms with Gasteiger partial charge in [-0.05, 0) is 37.5 Å². The van der Waals surface area contributed by atoms with E-state index in [1.807, 2.05) is 18.2 Å². The highest BCUT2D eigenvalue weighted by Gasteiger charge is 2.27. The summed E-state index contributed by atoms with van der Waals surface area (Å²) in [4.78, 5) is 21.7. The summed E-state index contributed by atoms with van der Waals surface area (Å²) in [5, 5.41) is 17.7. The van der Waals surface area contributed by atoms with E-state index < -0.39 is 0 Å². The summed E-state index contributed by atoms with van der Waals surface area (Å²) in [6.07, 6.45) is 8.36. The van der Waals surface area contributed by atoms with E-state index in [-0.39, 0.29) is 18.0 Å². The molecule has 0 radical (unpaired) electrons. The van der Waals surface area contributed by atoms with Crippen LogP contribution in [0.25, 0.3) is 10.9 Å². The Labute approximate surface area is 174 Å². The molecule has 0 saturated heterocycles. The zero-order valence-electron chi connectivity index (χ0n) is 16.7. The lowest BCUT2D eigenvalue weighted by atomic mass is 9.93. The van der Waals surface area contributed by atoms with E-state index in [0.29, 0.717) is 29.6 Å². The van der Waals surface area contributed by atoms with Crippen LogP contribution in [0, 0.1) is 0 Å². The van der Waals surface area contributed by atoms with E-state index in [4.69, 9.17) is 5.73 Å². The van der Waals surface area contributed by atoms with Crippen LogP contribution in [-0.2, 0) is 6.54 Å². The number of nitrogens with one attached hydrogen (secondary N) is 4. The highest BCUT2D eigenvalue weighted by Crippen LogP contribution is 2.28. The van der Waals surface area contributed by atoms with Crippen molar-refractivity contribution in [2.24, 2.45) is 5.73 Å². The maximum absolute atomic E-state index is 12.4. The van der Waals surface area contributed by atoms with E-state index in [0.717, 1.165) is 35.9 Å². The van der Waals surface area contributed by atoms with Gasteiger partial charge in [-0.1, -0.05) is 19.3 Å². The van der Waals surface area contributed by atoms with Gasteiger partial charge < -0.3 is 21.7 Å². The number of carbonyl (C=O) groups excluding carboxylic acids is 1. The van der Waals surface area contributed by atoms with Crippen LogP contribution in [0.3, 0.4) is 0 Å². The molecule has 1 fully saturated rings. The molecule has 1 aliphatic heterocycles. The molecule has 0 bridgehead atoms. The summed E-state index contributed by atoms with van der Waals surface area (Å²) in [6.45, 7) is 0.407. The number of hydrogen-bond acceptors (Lipinski definition) is 7. The van der Waals surface area contributed by atoms with Crippen molar-refractivity contribution in [3.63, 3.8) is 0 Å². The van der Waals surface area contributed by atoms with Gasteiger partial charge in [0.15, 0.2) is 0 Å². The first-order chi connectivity index (χ1) is 14.7. The van der Waals surface area contributed by atoms with Gasteiger partial charge in [-0.25, -0.2) is 4.98 Å². The third kappa shape index (κ3) is 3.80. The molecule has 2 aliphatic rings. The maximum Gasteiger partial charge on any atom is 0.257 e. The topological polar surface area (TPSA) is 134 Å². The Morgan fingerprint density at radius 2 is 2.03 bits per heavy atom. The lowest BCUT2D eigenvalue weighted by Crippen LogP contribution is -2.32. The number of fused-ring (bicyclic) bond motifs is 2. The molecule has 2 atom stereocenters. The molecule has 1 saturated carbocycles. The second kappa shape index (κ2) is 7.91. The highest BCUT2D eigenvalue weighted by molar-refractivity contribution is 6.03. The molecule has 9 nitrogen and oxygen atoms in total. The van der Waals surface area contributed by atoms with Gasteiger partial charge in [0.25, 0.3) is 5.91 Å². The van der Waals surface area contributed by atoms with Crippen LogP contribution in [0.4, 0.5) is 17.5 Å². The van der Waals surface area contributed by atoms with Crippen LogP contribution in [0.2, 0.25) is 0 Å². The first-order valence-corrected chi connectivity index (χ1v) is 10.6. The van der Waals surface area contributed by atoms with Crippen molar-refractivity contribution in [2.45, 2.75) is 57.2 Å².